The Kier molecular flexibility index (Phi) is 4.69. The number of hydrogen-bond donors (Lipinski definition) is 2. The fraction of sp³-hybridized carbons (Fsp3) is 0.0769. The van der Waals surface area contributed by atoms with Gasteiger partial charge in [-0.25, -0.2) is 9.97 Å². The van der Waals surface area contributed by atoms with Crippen LogP contribution in [0, 0.1) is 0 Å². The number of H-pyrrole nitrogens is 2. The lowest BCUT2D eigenvalue weighted by molar-refractivity contribution is 0.413. The third kappa shape index (κ3) is 3.32. The molecule has 0 atom stereocenters. The summed E-state index contributed by atoms with van der Waals surface area (Å²) < 4.78 is 10.7. The monoisotopic (exact) mass is 448 g/mol. The smallest absolute Gasteiger partial charge is 0.161 e. The van der Waals surface area contributed by atoms with E-state index in [0.29, 0.717) is 17.3 Å². The highest BCUT2D eigenvalue weighted by molar-refractivity contribution is 5.96. The first-order valence-electron chi connectivity index (χ1n) is 10.7. The van der Waals surface area contributed by atoms with E-state index in [9.17, 15) is 0 Å². The van der Waals surface area contributed by atoms with Crippen LogP contribution in [0.5, 0.6) is 11.5 Å². The summed E-state index contributed by atoms with van der Waals surface area (Å²) in [6.07, 6.45) is 3.43. The van der Waals surface area contributed by atoms with Crippen molar-refractivity contribution < 1.29 is 9.47 Å². The SMILES string of the molecule is COc1cncc(-c2ccc3[nH]nc(-c4nc5c(-c6cccc(OC)c6)cccc5[nH]4)c3n2)c1. The zero-order valence-electron chi connectivity index (χ0n) is 18.5. The van der Waals surface area contributed by atoms with Gasteiger partial charge in [0.2, 0.25) is 0 Å². The van der Waals surface area contributed by atoms with Crippen molar-refractivity contribution in [1.82, 2.24) is 30.1 Å². The summed E-state index contributed by atoms with van der Waals surface area (Å²) in [4.78, 5) is 17.4. The average molecular weight is 448 g/mol. The van der Waals surface area contributed by atoms with Crippen molar-refractivity contribution in [2.75, 3.05) is 14.2 Å². The molecule has 8 nitrogen and oxygen atoms in total. The van der Waals surface area contributed by atoms with Crippen LogP contribution in [0.1, 0.15) is 0 Å². The highest BCUT2D eigenvalue weighted by Gasteiger charge is 2.17. The van der Waals surface area contributed by atoms with E-state index in [2.05, 4.69) is 26.2 Å². The Labute approximate surface area is 194 Å². The number of fused-ring (bicyclic) bond motifs is 2. The first kappa shape index (κ1) is 19.9. The summed E-state index contributed by atoms with van der Waals surface area (Å²) in [6, 6.07) is 19.8. The molecule has 6 rings (SSSR count). The summed E-state index contributed by atoms with van der Waals surface area (Å²) in [7, 11) is 3.28. The minimum Gasteiger partial charge on any atom is -0.497 e. The molecule has 0 bridgehead atoms. The van der Waals surface area contributed by atoms with Crippen molar-refractivity contribution in [3.63, 3.8) is 0 Å². The average Bonchev–Trinajstić information content (AvgIpc) is 3.52. The molecule has 0 fully saturated rings. The molecular formula is C26H20N6O2. The molecule has 0 spiro atoms. The van der Waals surface area contributed by atoms with Gasteiger partial charge in [0.05, 0.1) is 42.7 Å². The molecule has 0 amide bonds. The zero-order valence-corrected chi connectivity index (χ0v) is 18.5. The van der Waals surface area contributed by atoms with E-state index >= 15 is 0 Å². The van der Waals surface area contributed by atoms with Gasteiger partial charge in [0.1, 0.15) is 17.0 Å². The molecule has 4 aromatic heterocycles. The van der Waals surface area contributed by atoms with Crippen molar-refractivity contribution in [1.29, 1.82) is 0 Å². The highest BCUT2D eigenvalue weighted by atomic mass is 16.5. The molecule has 6 aromatic rings. The van der Waals surface area contributed by atoms with Crippen LogP contribution in [0.2, 0.25) is 0 Å². The summed E-state index contributed by atoms with van der Waals surface area (Å²) >= 11 is 0. The Balaban J connectivity index is 1.48. The summed E-state index contributed by atoms with van der Waals surface area (Å²) in [5.41, 5.74) is 7.64. The van der Waals surface area contributed by atoms with Crippen LogP contribution in [-0.4, -0.2) is 44.4 Å². The highest BCUT2D eigenvalue weighted by Crippen LogP contribution is 2.33. The van der Waals surface area contributed by atoms with Crippen LogP contribution in [-0.2, 0) is 0 Å². The van der Waals surface area contributed by atoms with E-state index in [1.165, 1.54) is 0 Å². The molecule has 34 heavy (non-hydrogen) atoms. The fourth-order valence-electron chi connectivity index (χ4n) is 4.06. The van der Waals surface area contributed by atoms with Crippen LogP contribution in [0.15, 0.2) is 73.1 Å². The third-order valence-electron chi connectivity index (χ3n) is 5.77. The summed E-state index contributed by atoms with van der Waals surface area (Å²) in [6.45, 7) is 0. The number of methoxy groups -OCH3 is 2. The Hall–Kier alpha value is -4.72. The zero-order chi connectivity index (χ0) is 23.1. The number of nitrogens with zero attached hydrogens (tertiary/aromatic N) is 4. The van der Waals surface area contributed by atoms with Crippen LogP contribution < -0.4 is 9.47 Å². The molecule has 4 heterocycles. The lowest BCUT2D eigenvalue weighted by Crippen LogP contribution is -1.89. The van der Waals surface area contributed by atoms with E-state index in [1.54, 1.807) is 26.6 Å². The van der Waals surface area contributed by atoms with E-state index in [4.69, 9.17) is 19.4 Å². The second kappa shape index (κ2) is 8.00. The number of ether oxygens (including phenoxy) is 2. The molecule has 0 radical (unpaired) electrons. The van der Waals surface area contributed by atoms with Gasteiger partial charge in [0.15, 0.2) is 11.5 Å². The number of imidazole rings is 1. The minimum absolute atomic E-state index is 0.644. The molecule has 0 aliphatic rings. The molecule has 0 aliphatic heterocycles. The number of hydrogen-bond acceptors (Lipinski definition) is 6. The van der Waals surface area contributed by atoms with E-state index in [0.717, 1.165) is 50.2 Å². The maximum atomic E-state index is 5.40. The number of pyridine rings is 2. The second-order valence-corrected chi connectivity index (χ2v) is 7.80. The maximum absolute atomic E-state index is 5.40. The molecule has 8 heteroatoms. The molecule has 166 valence electrons. The predicted molar refractivity (Wildman–Crippen MR) is 131 cm³/mol. The Bertz CT molecular complexity index is 1650. The normalized spacial score (nSPS) is 11.2. The quantitative estimate of drug-likeness (QED) is 0.374. The van der Waals surface area contributed by atoms with Crippen LogP contribution in [0.3, 0.4) is 0 Å². The topological polar surface area (TPSA) is 102 Å². The van der Waals surface area contributed by atoms with E-state index < -0.39 is 0 Å². The summed E-state index contributed by atoms with van der Waals surface area (Å²) in [5.74, 6) is 2.12. The van der Waals surface area contributed by atoms with E-state index in [1.807, 2.05) is 54.6 Å². The standard InChI is InChI=1S/C26H20N6O2/c1-33-17-6-3-5-15(11-17)19-7-4-8-21-23(19)30-26(29-21)25-24-22(31-32-25)10-9-20(28-24)16-12-18(34-2)14-27-13-16/h3-14H,1-2H3,(H,29,30)(H,31,32). The van der Waals surface area contributed by atoms with Crippen molar-refractivity contribution in [2.45, 2.75) is 0 Å². The third-order valence-corrected chi connectivity index (χ3v) is 5.77. The van der Waals surface area contributed by atoms with Crippen LogP contribution in [0.25, 0.3) is 56.0 Å². The van der Waals surface area contributed by atoms with Gasteiger partial charge in [-0.15, -0.1) is 0 Å². The van der Waals surface area contributed by atoms with Gasteiger partial charge in [-0.3, -0.25) is 10.1 Å². The van der Waals surface area contributed by atoms with Crippen molar-refractivity contribution in [2.24, 2.45) is 0 Å². The van der Waals surface area contributed by atoms with E-state index in [-0.39, 0.29) is 0 Å². The van der Waals surface area contributed by atoms with Gasteiger partial charge >= 0.3 is 0 Å². The summed E-state index contributed by atoms with van der Waals surface area (Å²) in [5, 5.41) is 7.58. The van der Waals surface area contributed by atoms with Crippen LogP contribution in [0.4, 0.5) is 0 Å². The molecule has 0 aliphatic carbocycles. The fourth-order valence-corrected chi connectivity index (χ4v) is 4.06. The Morgan fingerprint density at radius 3 is 2.47 bits per heavy atom. The lowest BCUT2D eigenvalue weighted by atomic mass is 10.0. The molecular weight excluding hydrogens is 428 g/mol. The minimum atomic E-state index is 0.644. The van der Waals surface area contributed by atoms with Crippen LogP contribution >= 0.6 is 0 Å². The van der Waals surface area contributed by atoms with Gasteiger partial charge in [0, 0.05) is 17.3 Å². The number of nitrogens with one attached hydrogen (secondary N) is 2. The van der Waals surface area contributed by atoms with Gasteiger partial charge in [0.25, 0.3) is 0 Å². The first-order chi connectivity index (χ1) is 16.7. The van der Waals surface area contributed by atoms with Crippen molar-refractivity contribution >= 4 is 22.1 Å². The van der Waals surface area contributed by atoms with Gasteiger partial charge < -0.3 is 14.5 Å². The molecule has 2 aromatic carbocycles. The molecule has 0 saturated heterocycles. The van der Waals surface area contributed by atoms with Gasteiger partial charge in [-0.2, -0.15) is 5.10 Å². The lowest BCUT2D eigenvalue weighted by Gasteiger charge is -2.05. The Morgan fingerprint density at radius 1 is 0.735 bits per heavy atom. The maximum Gasteiger partial charge on any atom is 0.161 e. The number of aromatic amines is 2. The van der Waals surface area contributed by atoms with Gasteiger partial charge in [-0.1, -0.05) is 24.3 Å². The van der Waals surface area contributed by atoms with Crippen molar-refractivity contribution in [3.8, 4) is 45.4 Å². The van der Waals surface area contributed by atoms with Gasteiger partial charge in [-0.05, 0) is 42.0 Å². The number of aromatic nitrogens is 6. The Morgan fingerprint density at radius 2 is 1.59 bits per heavy atom. The largest absolute Gasteiger partial charge is 0.497 e. The molecule has 2 N–H and O–H groups in total. The number of benzene rings is 2. The predicted octanol–water partition coefficient (Wildman–Crippen LogP) is 5.25. The number of para-hydroxylation sites is 1. The molecule has 0 saturated carbocycles. The second-order valence-electron chi connectivity index (χ2n) is 7.80. The first-order valence-corrected chi connectivity index (χ1v) is 10.7. The number of rotatable bonds is 5. The van der Waals surface area contributed by atoms with Crippen molar-refractivity contribution in [3.05, 3.63) is 73.1 Å². The molecule has 0 unspecified atom stereocenters.